The molecule has 1 aliphatic carbocycles. The summed E-state index contributed by atoms with van der Waals surface area (Å²) in [4.78, 5) is 11.7. The van der Waals surface area contributed by atoms with Crippen LogP contribution in [0.4, 0.5) is 0 Å². The molecule has 0 radical (unpaired) electrons. The van der Waals surface area contributed by atoms with Gasteiger partial charge in [0.1, 0.15) is 11.5 Å². The van der Waals surface area contributed by atoms with Gasteiger partial charge >= 0.3 is 5.97 Å². The first-order valence-corrected chi connectivity index (χ1v) is 8.74. The van der Waals surface area contributed by atoms with Crippen LogP contribution in [-0.2, 0) is 16.0 Å². The lowest BCUT2D eigenvalue weighted by Crippen LogP contribution is -2.33. The number of benzene rings is 1. The van der Waals surface area contributed by atoms with E-state index in [0.717, 1.165) is 23.3 Å². The van der Waals surface area contributed by atoms with Crippen LogP contribution in [0, 0.1) is 11.3 Å². The summed E-state index contributed by atoms with van der Waals surface area (Å²) < 4.78 is 11.0. The molecule has 1 aromatic rings. The number of para-hydroxylation sites is 1. The van der Waals surface area contributed by atoms with E-state index in [1.54, 1.807) is 14.2 Å². The highest BCUT2D eigenvalue weighted by atomic mass is 16.5. The van der Waals surface area contributed by atoms with Crippen LogP contribution >= 0.6 is 0 Å². The van der Waals surface area contributed by atoms with Crippen LogP contribution in [0.1, 0.15) is 33.3 Å². The molecule has 0 bridgehead atoms. The molecule has 0 saturated heterocycles. The molecule has 140 valence electrons. The number of ether oxygens (including phenoxy) is 2. The first-order valence-electron chi connectivity index (χ1n) is 8.74. The monoisotopic (exact) mass is 356 g/mol. The van der Waals surface area contributed by atoms with E-state index in [-0.39, 0.29) is 11.3 Å². The molecule has 0 fully saturated rings. The standard InChI is InChI=1S/C22H28O4/c1-14-19(21(23)24)15(2)22(3,4)17(20(14)26-6)12-9-11-16-10-7-8-13-18(16)25-5/h7-10,12-13,17H,11H2,1-6H3,(H,23,24). The van der Waals surface area contributed by atoms with Gasteiger partial charge in [-0.15, -0.1) is 0 Å². The second-order valence-electron chi connectivity index (χ2n) is 7.14. The van der Waals surface area contributed by atoms with Crippen molar-refractivity contribution in [3.8, 4) is 5.75 Å². The summed E-state index contributed by atoms with van der Waals surface area (Å²) in [6.07, 6.45) is 4.97. The highest BCUT2D eigenvalue weighted by Crippen LogP contribution is 2.48. The van der Waals surface area contributed by atoms with E-state index in [1.165, 1.54) is 0 Å². The van der Waals surface area contributed by atoms with Crippen LogP contribution in [0.5, 0.6) is 5.75 Å². The van der Waals surface area contributed by atoms with Gasteiger partial charge in [-0.2, -0.15) is 0 Å². The maximum Gasteiger partial charge on any atom is 0.336 e. The van der Waals surface area contributed by atoms with Crippen LogP contribution in [0.15, 0.2) is 58.9 Å². The third-order valence-corrected chi connectivity index (χ3v) is 5.44. The number of aliphatic carboxylic acids is 1. The number of carboxylic acids is 1. The van der Waals surface area contributed by atoms with Crippen LogP contribution in [0.25, 0.3) is 0 Å². The maximum absolute atomic E-state index is 11.7. The van der Waals surface area contributed by atoms with Crippen molar-refractivity contribution in [1.82, 2.24) is 0 Å². The highest BCUT2D eigenvalue weighted by Gasteiger charge is 2.41. The van der Waals surface area contributed by atoms with Gasteiger partial charge in [0.25, 0.3) is 0 Å². The predicted molar refractivity (Wildman–Crippen MR) is 103 cm³/mol. The predicted octanol–water partition coefficient (Wildman–Crippen LogP) is 4.77. The Hall–Kier alpha value is -2.49. The Balaban J connectivity index is 2.38. The molecule has 4 nitrogen and oxygen atoms in total. The van der Waals surface area contributed by atoms with E-state index in [4.69, 9.17) is 9.47 Å². The first-order chi connectivity index (χ1) is 12.3. The Bertz CT molecular complexity index is 781. The number of methoxy groups -OCH3 is 2. The quantitative estimate of drug-likeness (QED) is 0.746. The van der Waals surface area contributed by atoms with Crippen molar-refractivity contribution in [1.29, 1.82) is 0 Å². The van der Waals surface area contributed by atoms with Gasteiger partial charge in [-0.1, -0.05) is 49.8 Å². The number of carboxylic acid groups (broad SMARTS) is 1. The minimum atomic E-state index is -0.904. The minimum Gasteiger partial charge on any atom is -0.500 e. The van der Waals surface area contributed by atoms with Crippen molar-refractivity contribution < 1.29 is 19.4 Å². The van der Waals surface area contributed by atoms with Crippen LogP contribution in [-0.4, -0.2) is 25.3 Å². The van der Waals surface area contributed by atoms with Gasteiger partial charge in [0.2, 0.25) is 0 Å². The Kier molecular flexibility index (Phi) is 5.96. The first kappa shape index (κ1) is 19.8. The second kappa shape index (κ2) is 7.81. The zero-order valence-corrected chi connectivity index (χ0v) is 16.4. The van der Waals surface area contributed by atoms with E-state index in [2.05, 4.69) is 26.0 Å². The van der Waals surface area contributed by atoms with Gasteiger partial charge in [-0.25, -0.2) is 4.79 Å². The fourth-order valence-corrected chi connectivity index (χ4v) is 3.65. The molecule has 0 heterocycles. The summed E-state index contributed by atoms with van der Waals surface area (Å²) in [5, 5.41) is 9.61. The Labute approximate surface area is 155 Å². The molecule has 2 rings (SSSR count). The summed E-state index contributed by atoms with van der Waals surface area (Å²) in [6, 6.07) is 7.94. The zero-order valence-electron chi connectivity index (χ0n) is 16.4. The second-order valence-corrected chi connectivity index (χ2v) is 7.14. The van der Waals surface area contributed by atoms with Crippen LogP contribution in [0.2, 0.25) is 0 Å². The number of rotatable bonds is 6. The third-order valence-electron chi connectivity index (χ3n) is 5.44. The maximum atomic E-state index is 11.7. The number of carbonyl (C=O) groups is 1. The lowest BCUT2D eigenvalue weighted by Gasteiger charge is -2.40. The molecule has 0 saturated carbocycles. The Morgan fingerprint density at radius 3 is 2.42 bits per heavy atom. The van der Waals surface area contributed by atoms with Crippen molar-refractivity contribution in [2.45, 2.75) is 34.1 Å². The van der Waals surface area contributed by atoms with Crippen LogP contribution < -0.4 is 4.74 Å². The average molecular weight is 356 g/mol. The molecule has 1 N–H and O–H groups in total. The number of hydrogen-bond acceptors (Lipinski definition) is 3. The summed E-state index contributed by atoms with van der Waals surface area (Å²) in [5.74, 6) is 0.654. The molecule has 4 heteroatoms. The van der Waals surface area contributed by atoms with Crippen LogP contribution in [0.3, 0.4) is 0 Å². The third kappa shape index (κ3) is 3.55. The average Bonchev–Trinajstić information content (AvgIpc) is 2.60. The topological polar surface area (TPSA) is 55.8 Å². The Morgan fingerprint density at radius 1 is 1.19 bits per heavy atom. The highest BCUT2D eigenvalue weighted by molar-refractivity contribution is 5.93. The van der Waals surface area contributed by atoms with Gasteiger partial charge < -0.3 is 14.6 Å². The van der Waals surface area contributed by atoms with Crippen molar-refractivity contribution in [2.75, 3.05) is 14.2 Å². The molecule has 1 unspecified atom stereocenters. The summed E-state index contributed by atoms with van der Waals surface area (Å²) in [7, 11) is 3.28. The van der Waals surface area contributed by atoms with E-state index < -0.39 is 5.97 Å². The summed E-state index contributed by atoms with van der Waals surface area (Å²) >= 11 is 0. The van der Waals surface area contributed by atoms with Crippen molar-refractivity contribution in [2.24, 2.45) is 11.3 Å². The molecule has 1 atom stereocenters. The molecule has 0 aromatic heterocycles. The smallest absolute Gasteiger partial charge is 0.336 e. The fourth-order valence-electron chi connectivity index (χ4n) is 3.65. The number of hydrogen-bond donors (Lipinski definition) is 1. The summed E-state index contributed by atoms with van der Waals surface area (Å²) in [5.41, 5.74) is 2.69. The van der Waals surface area contributed by atoms with Gasteiger partial charge in [-0.3, -0.25) is 0 Å². The van der Waals surface area contributed by atoms with E-state index in [1.807, 2.05) is 38.1 Å². The van der Waals surface area contributed by atoms with Gasteiger partial charge in [0, 0.05) is 11.5 Å². The lowest BCUT2D eigenvalue weighted by molar-refractivity contribution is -0.132. The largest absolute Gasteiger partial charge is 0.500 e. The molecule has 0 aliphatic heterocycles. The number of allylic oxidation sites excluding steroid dienone is 3. The van der Waals surface area contributed by atoms with Gasteiger partial charge in [0.15, 0.2) is 0 Å². The summed E-state index contributed by atoms with van der Waals surface area (Å²) in [6.45, 7) is 7.85. The van der Waals surface area contributed by atoms with Gasteiger partial charge in [0.05, 0.1) is 19.8 Å². The molecule has 26 heavy (non-hydrogen) atoms. The fraction of sp³-hybridized carbons (Fsp3) is 0.409. The van der Waals surface area contributed by atoms with E-state index >= 15 is 0 Å². The SMILES string of the molecule is COC1=C(C)C(C(=O)O)=C(C)C(C)(C)C1C=CCc1ccccc1OC. The van der Waals surface area contributed by atoms with Crippen molar-refractivity contribution in [3.05, 3.63) is 64.5 Å². The van der Waals surface area contributed by atoms with Crippen molar-refractivity contribution >= 4 is 5.97 Å². The molecule has 0 amide bonds. The van der Waals surface area contributed by atoms with Crippen molar-refractivity contribution in [3.63, 3.8) is 0 Å². The molecular formula is C22H28O4. The normalized spacial score (nSPS) is 19.8. The Morgan fingerprint density at radius 2 is 1.85 bits per heavy atom. The lowest BCUT2D eigenvalue weighted by atomic mass is 9.66. The van der Waals surface area contributed by atoms with E-state index in [0.29, 0.717) is 16.9 Å². The molecule has 1 aromatic carbocycles. The molecule has 0 spiro atoms. The zero-order chi connectivity index (χ0) is 19.5. The van der Waals surface area contributed by atoms with Gasteiger partial charge in [-0.05, 0) is 37.3 Å². The molecule has 1 aliphatic rings. The van der Waals surface area contributed by atoms with E-state index in [9.17, 15) is 9.90 Å². The minimum absolute atomic E-state index is 0.0229. The molecular weight excluding hydrogens is 328 g/mol.